The van der Waals surface area contributed by atoms with Gasteiger partial charge in [-0.1, -0.05) is 47.7 Å². The van der Waals surface area contributed by atoms with Gasteiger partial charge in [0.05, 0.1) is 29.9 Å². The van der Waals surface area contributed by atoms with Crippen molar-refractivity contribution < 1.29 is 22.7 Å². The number of para-hydroxylation sites is 1. The summed E-state index contributed by atoms with van der Waals surface area (Å²) < 4.78 is 40.4. The molecule has 1 fully saturated rings. The van der Waals surface area contributed by atoms with Gasteiger partial charge in [-0.15, -0.1) is 0 Å². The van der Waals surface area contributed by atoms with Crippen LogP contribution in [0.2, 0.25) is 0 Å². The number of hydrogen-bond donors (Lipinski definition) is 0. The number of carbonyl (C=O) groups is 1. The number of aromatic nitrogens is 1. The van der Waals surface area contributed by atoms with E-state index in [1.54, 1.807) is 17.0 Å². The second kappa shape index (κ2) is 11.1. The lowest BCUT2D eigenvalue weighted by Crippen LogP contribution is -2.47. The van der Waals surface area contributed by atoms with E-state index in [1.807, 2.05) is 55.5 Å². The number of fused-ring (bicyclic) bond motifs is 1. The highest BCUT2D eigenvalue weighted by molar-refractivity contribution is 7.89. The monoisotopic (exact) mass is 551 g/mol. The Morgan fingerprint density at radius 2 is 1.84 bits per heavy atom. The topological polar surface area (TPSA) is 89.0 Å². The van der Waals surface area contributed by atoms with Crippen LogP contribution in [0.5, 0.6) is 11.5 Å². The predicted octanol–water partition coefficient (Wildman–Crippen LogP) is 5.09. The minimum atomic E-state index is -3.89. The molecule has 2 heterocycles. The molecular weight excluding hydrogens is 522 g/mol. The molecule has 0 N–H and O–H groups in total. The van der Waals surface area contributed by atoms with Crippen LogP contribution in [0.3, 0.4) is 0 Å². The first-order valence-corrected chi connectivity index (χ1v) is 14.7. The number of rotatable bonds is 9. The predicted molar refractivity (Wildman–Crippen MR) is 148 cm³/mol. The van der Waals surface area contributed by atoms with Gasteiger partial charge in [0.2, 0.25) is 15.9 Å². The standard InChI is InChI=1S/C28H29N3O5S2/c1-3-36-24-12-7-13-25-26(24)29-28(37-25)30(19-20-9-5-4-6-10-20)27(32)23-11-8-18-31(23)38(33,34)22-16-14-21(35-2)15-17-22/h4-7,9-10,12-17,23H,3,8,11,18-19H2,1-2H3. The molecule has 38 heavy (non-hydrogen) atoms. The first-order chi connectivity index (χ1) is 18.4. The molecule has 8 nitrogen and oxygen atoms in total. The Hall–Kier alpha value is -3.47. The Bertz CT molecular complexity index is 1520. The zero-order valence-electron chi connectivity index (χ0n) is 21.2. The molecule has 1 aliphatic rings. The van der Waals surface area contributed by atoms with Gasteiger partial charge >= 0.3 is 0 Å². The van der Waals surface area contributed by atoms with Crippen molar-refractivity contribution in [3.63, 3.8) is 0 Å². The molecule has 5 rings (SSSR count). The van der Waals surface area contributed by atoms with Crippen LogP contribution < -0.4 is 14.4 Å². The molecule has 1 atom stereocenters. The second-order valence-corrected chi connectivity index (χ2v) is 11.8. The third-order valence-electron chi connectivity index (χ3n) is 6.51. The summed E-state index contributed by atoms with van der Waals surface area (Å²) >= 11 is 1.39. The summed E-state index contributed by atoms with van der Waals surface area (Å²) in [5.74, 6) is 0.930. The van der Waals surface area contributed by atoms with Gasteiger partial charge in [-0.05, 0) is 61.7 Å². The van der Waals surface area contributed by atoms with E-state index in [1.165, 1.54) is 34.9 Å². The fraction of sp³-hybridized carbons (Fsp3) is 0.286. The van der Waals surface area contributed by atoms with Gasteiger partial charge in [0.15, 0.2) is 5.13 Å². The summed E-state index contributed by atoms with van der Waals surface area (Å²) in [5.41, 5.74) is 1.61. The fourth-order valence-corrected chi connectivity index (χ4v) is 7.28. The van der Waals surface area contributed by atoms with Gasteiger partial charge in [0.1, 0.15) is 23.1 Å². The van der Waals surface area contributed by atoms with E-state index in [9.17, 15) is 13.2 Å². The first-order valence-electron chi connectivity index (χ1n) is 12.5. The van der Waals surface area contributed by atoms with Gasteiger partial charge in [0, 0.05) is 6.54 Å². The normalized spacial score (nSPS) is 16.0. The highest BCUT2D eigenvalue weighted by atomic mass is 32.2. The van der Waals surface area contributed by atoms with Crippen molar-refractivity contribution in [1.82, 2.24) is 9.29 Å². The molecular formula is C28H29N3O5S2. The lowest BCUT2D eigenvalue weighted by atomic mass is 10.1. The van der Waals surface area contributed by atoms with Crippen LogP contribution in [0.25, 0.3) is 10.2 Å². The van der Waals surface area contributed by atoms with Crippen molar-refractivity contribution in [1.29, 1.82) is 0 Å². The van der Waals surface area contributed by atoms with Crippen LogP contribution in [0.15, 0.2) is 77.7 Å². The van der Waals surface area contributed by atoms with E-state index >= 15 is 0 Å². The number of ether oxygens (including phenoxy) is 2. The van der Waals surface area contributed by atoms with Crippen LogP contribution >= 0.6 is 11.3 Å². The van der Waals surface area contributed by atoms with Crippen molar-refractivity contribution in [2.24, 2.45) is 0 Å². The maximum atomic E-state index is 14.2. The number of hydrogen-bond acceptors (Lipinski definition) is 7. The summed E-state index contributed by atoms with van der Waals surface area (Å²) in [6.45, 7) is 2.96. The first kappa shape index (κ1) is 26.1. The number of benzene rings is 3. The number of amides is 1. The highest BCUT2D eigenvalue weighted by Crippen LogP contribution is 2.37. The van der Waals surface area contributed by atoms with Crippen molar-refractivity contribution in [3.8, 4) is 11.5 Å². The summed E-state index contributed by atoms with van der Waals surface area (Å²) in [6, 6.07) is 20.8. The van der Waals surface area contributed by atoms with Crippen molar-refractivity contribution in [3.05, 3.63) is 78.4 Å². The number of anilines is 1. The maximum Gasteiger partial charge on any atom is 0.247 e. The molecule has 198 valence electrons. The number of methoxy groups -OCH3 is 1. The third-order valence-corrected chi connectivity index (χ3v) is 9.47. The molecule has 10 heteroatoms. The lowest BCUT2D eigenvalue weighted by Gasteiger charge is -2.28. The van der Waals surface area contributed by atoms with Crippen molar-refractivity contribution >= 4 is 42.6 Å². The molecule has 0 aliphatic carbocycles. The minimum absolute atomic E-state index is 0.133. The Balaban J connectivity index is 1.52. The van der Waals surface area contributed by atoms with E-state index in [4.69, 9.17) is 14.5 Å². The molecule has 1 aliphatic heterocycles. The van der Waals surface area contributed by atoms with Crippen LogP contribution in [0, 0.1) is 0 Å². The van der Waals surface area contributed by atoms with Crippen molar-refractivity contribution in [2.45, 2.75) is 37.2 Å². The highest BCUT2D eigenvalue weighted by Gasteiger charge is 2.42. The summed E-state index contributed by atoms with van der Waals surface area (Å²) in [4.78, 5) is 20.7. The second-order valence-electron chi connectivity index (χ2n) is 8.89. The Morgan fingerprint density at radius 1 is 1.08 bits per heavy atom. The van der Waals surface area contributed by atoms with Gasteiger partial charge < -0.3 is 9.47 Å². The van der Waals surface area contributed by atoms with Crippen LogP contribution in [-0.4, -0.2) is 49.9 Å². The smallest absolute Gasteiger partial charge is 0.247 e. The van der Waals surface area contributed by atoms with Gasteiger partial charge in [-0.2, -0.15) is 4.31 Å². The molecule has 0 bridgehead atoms. The number of nitrogens with zero attached hydrogens (tertiary/aromatic N) is 3. The lowest BCUT2D eigenvalue weighted by molar-refractivity contribution is -0.121. The van der Waals surface area contributed by atoms with E-state index in [2.05, 4.69) is 0 Å². The molecule has 3 aromatic carbocycles. The van der Waals surface area contributed by atoms with Gasteiger partial charge in [-0.3, -0.25) is 9.69 Å². The Morgan fingerprint density at radius 3 is 2.55 bits per heavy atom. The summed E-state index contributed by atoms with van der Waals surface area (Å²) in [7, 11) is -2.36. The minimum Gasteiger partial charge on any atom is -0.497 e. The number of thiazole rings is 1. The largest absolute Gasteiger partial charge is 0.497 e. The number of carbonyl (C=O) groups excluding carboxylic acids is 1. The summed E-state index contributed by atoms with van der Waals surface area (Å²) in [6.07, 6.45) is 1.04. The molecule has 0 spiro atoms. The maximum absolute atomic E-state index is 14.2. The quantitative estimate of drug-likeness (QED) is 0.288. The SMILES string of the molecule is CCOc1cccc2sc(N(Cc3ccccc3)C(=O)C3CCCN3S(=O)(=O)c3ccc(OC)cc3)nc12. The molecule has 1 amide bonds. The molecule has 1 aromatic heterocycles. The zero-order valence-corrected chi connectivity index (χ0v) is 22.9. The van der Waals surface area contributed by atoms with E-state index in [0.29, 0.717) is 41.6 Å². The van der Waals surface area contributed by atoms with Crippen LogP contribution in [-0.2, 0) is 21.4 Å². The van der Waals surface area contributed by atoms with Crippen molar-refractivity contribution in [2.75, 3.05) is 25.2 Å². The molecule has 0 saturated carbocycles. The van der Waals surface area contributed by atoms with Gasteiger partial charge in [-0.25, -0.2) is 13.4 Å². The van der Waals surface area contributed by atoms with Crippen LogP contribution in [0.1, 0.15) is 25.3 Å². The fourth-order valence-electron chi connectivity index (χ4n) is 4.64. The Labute approximate surface area is 226 Å². The molecule has 1 unspecified atom stereocenters. The average Bonchev–Trinajstić information content (AvgIpc) is 3.61. The molecule has 0 radical (unpaired) electrons. The molecule has 1 saturated heterocycles. The summed E-state index contributed by atoms with van der Waals surface area (Å²) in [5, 5.41) is 0.509. The van der Waals surface area contributed by atoms with E-state index in [-0.39, 0.29) is 23.9 Å². The van der Waals surface area contributed by atoms with E-state index < -0.39 is 16.1 Å². The number of sulfonamides is 1. The average molecular weight is 552 g/mol. The zero-order chi connectivity index (χ0) is 26.7. The third kappa shape index (κ3) is 5.11. The van der Waals surface area contributed by atoms with Crippen LogP contribution in [0.4, 0.5) is 5.13 Å². The van der Waals surface area contributed by atoms with E-state index in [0.717, 1.165) is 10.3 Å². The molecule has 4 aromatic rings. The Kier molecular flexibility index (Phi) is 7.64. The van der Waals surface area contributed by atoms with Gasteiger partial charge in [0.25, 0.3) is 0 Å².